The second-order valence-corrected chi connectivity index (χ2v) is 7.63. The third kappa shape index (κ3) is 4.24. The molecule has 0 unspecified atom stereocenters. The summed E-state index contributed by atoms with van der Waals surface area (Å²) in [5.41, 5.74) is 3.83. The van der Waals surface area contributed by atoms with Crippen LogP contribution in [-0.4, -0.2) is 23.3 Å². The summed E-state index contributed by atoms with van der Waals surface area (Å²) < 4.78 is 5.22. The molecule has 30 heavy (non-hydrogen) atoms. The van der Waals surface area contributed by atoms with Gasteiger partial charge in [0.2, 0.25) is 0 Å². The zero-order valence-electron chi connectivity index (χ0n) is 16.7. The molecule has 0 radical (unpaired) electrons. The third-order valence-electron chi connectivity index (χ3n) is 5.12. The van der Waals surface area contributed by atoms with Gasteiger partial charge < -0.3 is 14.6 Å². The standard InChI is InChI=1S/C23H22ClN3O3/c1-2-21-26-19(14-30-21)22(28)25-13-15-8-9-20-16(11-15)6-4-10-27(20)23(29)17-5-3-7-18(24)12-17/h3,5,7-9,11-12,14H,2,4,6,10,13H2,1H3,(H,25,28). The minimum absolute atomic E-state index is 0.0581. The Kier molecular flexibility index (Phi) is 5.86. The number of nitrogens with one attached hydrogen (secondary N) is 1. The van der Waals surface area contributed by atoms with E-state index < -0.39 is 0 Å². The molecule has 0 saturated heterocycles. The summed E-state index contributed by atoms with van der Waals surface area (Å²) in [6.07, 6.45) is 3.79. The second kappa shape index (κ2) is 8.71. The molecule has 154 valence electrons. The van der Waals surface area contributed by atoms with Crippen molar-refractivity contribution in [2.75, 3.05) is 11.4 Å². The van der Waals surface area contributed by atoms with Gasteiger partial charge in [-0.2, -0.15) is 0 Å². The van der Waals surface area contributed by atoms with Gasteiger partial charge in [0.05, 0.1) is 0 Å². The number of carbonyl (C=O) groups excluding carboxylic acids is 2. The number of aromatic nitrogens is 1. The lowest BCUT2D eigenvalue weighted by Gasteiger charge is -2.30. The minimum Gasteiger partial charge on any atom is -0.448 e. The lowest BCUT2D eigenvalue weighted by Crippen LogP contribution is -2.35. The molecular weight excluding hydrogens is 402 g/mol. The van der Waals surface area contributed by atoms with Crippen LogP contribution < -0.4 is 10.2 Å². The van der Waals surface area contributed by atoms with E-state index in [1.54, 1.807) is 29.2 Å². The number of aryl methyl sites for hydroxylation is 2. The first-order valence-corrected chi connectivity index (χ1v) is 10.3. The van der Waals surface area contributed by atoms with Crippen molar-refractivity contribution < 1.29 is 14.0 Å². The fraction of sp³-hybridized carbons (Fsp3) is 0.261. The van der Waals surface area contributed by atoms with Crippen molar-refractivity contribution in [3.05, 3.63) is 82.0 Å². The van der Waals surface area contributed by atoms with Gasteiger partial charge in [0.15, 0.2) is 11.6 Å². The number of fused-ring (bicyclic) bond motifs is 1. The van der Waals surface area contributed by atoms with Gasteiger partial charge in [-0.25, -0.2) is 4.98 Å². The maximum Gasteiger partial charge on any atom is 0.273 e. The highest BCUT2D eigenvalue weighted by molar-refractivity contribution is 6.31. The largest absolute Gasteiger partial charge is 0.448 e. The molecule has 6 nitrogen and oxygen atoms in total. The van der Waals surface area contributed by atoms with Crippen LogP contribution in [0.2, 0.25) is 5.02 Å². The van der Waals surface area contributed by atoms with Crippen LogP contribution in [0, 0.1) is 0 Å². The predicted octanol–water partition coefficient (Wildman–Crippen LogP) is 4.41. The van der Waals surface area contributed by atoms with Crippen LogP contribution in [-0.2, 0) is 19.4 Å². The molecule has 0 atom stereocenters. The number of amides is 2. The molecule has 0 spiro atoms. The Bertz CT molecular complexity index is 1090. The number of carbonyl (C=O) groups is 2. The highest BCUT2D eigenvalue weighted by Crippen LogP contribution is 2.30. The Morgan fingerprint density at radius 2 is 2.10 bits per heavy atom. The van der Waals surface area contributed by atoms with E-state index >= 15 is 0 Å². The van der Waals surface area contributed by atoms with E-state index in [4.69, 9.17) is 16.0 Å². The maximum atomic E-state index is 13.0. The summed E-state index contributed by atoms with van der Waals surface area (Å²) in [7, 11) is 0. The number of anilines is 1. The SMILES string of the molecule is CCc1nc(C(=O)NCc2ccc3c(c2)CCCN3C(=O)c2cccc(Cl)c2)co1. The predicted molar refractivity (Wildman–Crippen MR) is 115 cm³/mol. The molecule has 0 fully saturated rings. The van der Waals surface area contributed by atoms with Gasteiger partial charge in [0.25, 0.3) is 11.8 Å². The zero-order valence-corrected chi connectivity index (χ0v) is 17.4. The lowest BCUT2D eigenvalue weighted by atomic mass is 9.98. The van der Waals surface area contributed by atoms with Gasteiger partial charge in [0.1, 0.15) is 6.26 Å². The smallest absolute Gasteiger partial charge is 0.273 e. The third-order valence-corrected chi connectivity index (χ3v) is 5.35. The number of rotatable bonds is 5. The quantitative estimate of drug-likeness (QED) is 0.659. The molecule has 1 aliphatic heterocycles. The van der Waals surface area contributed by atoms with Crippen LogP contribution in [0.4, 0.5) is 5.69 Å². The highest BCUT2D eigenvalue weighted by Gasteiger charge is 2.24. The summed E-state index contributed by atoms with van der Waals surface area (Å²) in [5.74, 6) is 0.213. The van der Waals surface area contributed by atoms with Gasteiger partial charge in [0, 0.05) is 35.8 Å². The van der Waals surface area contributed by atoms with Crippen LogP contribution in [0.5, 0.6) is 0 Å². The number of oxazole rings is 1. The van der Waals surface area contributed by atoms with Crippen molar-refractivity contribution in [1.29, 1.82) is 0 Å². The van der Waals surface area contributed by atoms with Crippen molar-refractivity contribution in [3.8, 4) is 0 Å². The number of hydrogen-bond acceptors (Lipinski definition) is 4. The molecule has 0 aliphatic carbocycles. The van der Waals surface area contributed by atoms with Crippen molar-refractivity contribution in [1.82, 2.24) is 10.3 Å². The highest BCUT2D eigenvalue weighted by atomic mass is 35.5. The van der Waals surface area contributed by atoms with E-state index in [1.165, 1.54) is 6.26 Å². The molecule has 1 N–H and O–H groups in total. The summed E-state index contributed by atoms with van der Waals surface area (Å²) in [4.78, 5) is 31.2. The molecule has 7 heteroatoms. The summed E-state index contributed by atoms with van der Waals surface area (Å²) >= 11 is 6.05. The fourth-order valence-electron chi connectivity index (χ4n) is 3.60. The molecule has 2 amide bonds. The monoisotopic (exact) mass is 423 g/mol. The van der Waals surface area contributed by atoms with Crippen molar-refractivity contribution in [2.45, 2.75) is 32.7 Å². The normalized spacial score (nSPS) is 13.1. The number of hydrogen-bond donors (Lipinski definition) is 1. The average molecular weight is 424 g/mol. The summed E-state index contributed by atoms with van der Waals surface area (Å²) in [6.45, 7) is 2.96. The topological polar surface area (TPSA) is 75.4 Å². The molecule has 4 rings (SSSR count). The van der Waals surface area contributed by atoms with Crippen LogP contribution in [0.15, 0.2) is 53.1 Å². The van der Waals surface area contributed by atoms with E-state index in [9.17, 15) is 9.59 Å². The van der Waals surface area contributed by atoms with E-state index in [-0.39, 0.29) is 17.5 Å². The fourth-order valence-corrected chi connectivity index (χ4v) is 3.79. The maximum absolute atomic E-state index is 13.0. The molecular formula is C23H22ClN3O3. The number of benzene rings is 2. The van der Waals surface area contributed by atoms with Gasteiger partial charge in [-0.3, -0.25) is 9.59 Å². The summed E-state index contributed by atoms with van der Waals surface area (Å²) in [5, 5.41) is 3.41. The molecule has 0 bridgehead atoms. The van der Waals surface area contributed by atoms with Gasteiger partial charge in [-0.1, -0.05) is 36.7 Å². The van der Waals surface area contributed by atoms with Gasteiger partial charge in [-0.05, 0) is 48.2 Å². The average Bonchev–Trinajstić information content (AvgIpc) is 3.26. The van der Waals surface area contributed by atoms with E-state index in [0.29, 0.717) is 36.0 Å². The lowest BCUT2D eigenvalue weighted by molar-refractivity contribution is 0.0944. The van der Waals surface area contributed by atoms with E-state index in [2.05, 4.69) is 10.3 Å². The zero-order chi connectivity index (χ0) is 21.1. The van der Waals surface area contributed by atoms with Crippen molar-refractivity contribution in [2.24, 2.45) is 0 Å². The molecule has 2 heterocycles. The second-order valence-electron chi connectivity index (χ2n) is 7.20. The molecule has 1 aliphatic rings. The Hall–Kier alpha value is -3.12. The Balaban J connectivity index is 1.47. The van der Waals surface area contributed by atoms with E-state index in [1.807, 2.05) is 25.1 Å². The first-order valence-electron chi connectivity index (χ1n) is 9.97. The van der Waals surface area contributed by atoms with Crippen LogP contribution in [0.3, 0.4) is 0 Å². The number of nitrogens with zero attached hydrogens (tertiary/aromatic N) is 2. The van der Waals surface area contributed by atoms with E-state index in [0.717, 1.165) is 29.7 Å². The van der Waals surface area contributed by atoms with Crippen LogP contribution >= 0.6 is 11.6 Å². The first-order chi connectivity index (χ1) is 14.5. The van der Waals surface area contributed by atoms with Gasteiger partial charge >= 0.3 is 0 Å². The number of halogens is 1. The summed E-state index contributed by atoms with van der Waals surface area (Å²) in [6, 6.07) is 12.9. The Morgan fingerprint density at radius 3 is 2.87 bits per heavy atom. The van der Waals surface area contributed by atoms with Crippen LogP contribution in [0.1, 0.15) is 51.2 Å². The molecule has 1 aromatic heterocycles. The Morgan fingerprint density at radius 1 is 1.23 bits per heavy atom. The minimum atomic E-state index is -0.270. The molecule has 2 aromatic carbocycles. The first kappa shape index (κ1) is 20.2. The molecule has 3 aromatic rings. The van der Waals surface area contributed by atoms with Crippen LogP contribution in [0.25, 0.3) is 0 Å². The van der Waals surface area contributed by atoms with Crippen molar-refractivity contribution >= 4 is 29.1 Å². The van der Waals surface area contributed by atoms with Gasteiger partial charge in [-0.15, -0.1) is 0 Å². The van der Waals surface area contributed by atoms with Crippen molar-refractivity contribution in [3.63, 3.8) is 0 Å². The molecule has 0 saturated carbocycles. The Labute approximate surface area is 179 Å².